The maximum absolute atomic E-state index is 13.0. The average Bonchev–Trinajstić information content (AvgIpc) is 2.90. The molecule has 4 N–H and O–H groups in total. The van der Waals surface area contributed by atoms with Gasteiger partial charge in [-0.1, -0.05) is 69.7 Å². The Balaban J connectivity index is 1.56. The lowest BCUT2D eigenvalue weighted by molar-refractivity contribution is -0.120. The molecule has 0 bridgehead atoms. The van der Waals surface area contributed by atoms with Gasteiger partial charge in [-0.25, -0.2) is 13.1 Å². The minimum Gasteiger partial charge on any atom is -0.377 e. The molecule has 0 amide bonds. The van der Waals surface area contributed by atoms with Gasteiger partial charge >= 0.3 is 0 Å². The van der Waals surface area contributed by atoms with Gasteiger partial charge in [-0.05, 0) is 63.7 Å². The third-order valence-electron chi connectivity index (χ3n) is 7.46. The number of Topliss-reactive ketones (excluding diaryl/α,β-unsaturated/α-hetero) is 1. The van der Waals surface area contributed by atoms with Crippen LogP contribution >= 0.6 is 0 Å². The Morgan fingerprint density at radius 3 is 2.23 bits per heavy atom. The fraction of sp³-hybridized carbons (Fsp3) is 0.656. The molecule has 2 atom stereocenters. The molecule has 0 radical (unpaired) electrons. The van der Waals surface area contributed by atoms with Crippen LogP contribution in [0.3, 0.4) is 0 Å². The zero-order valence-corrected chi connectivity index (χ0v) is 26.2. The molecule has 0 aromatic heterocycles. The average molecular weight is 575 g/mol. The third kappa shape index (κ3) is 12.7. The molecule has 0 heterocycles. The number of nitrogens with zero attached hydrogens (tertiary/aromatic N) is 1. The summed E-state index contributed by atoms with van der Waals surface area (Å²) in [7, 11) is 0.290. The summed E-state index contributed by atoms with van der Waals surface area (Å²) in [6.07, 6.45) is 11.9. The largest absolute Gasteiger partial charge is 0.377 e. The van der Waals surface area contributed by atoms with Crippen LogP contribution in [0.5, 0.6) is 0 Å². The van der Waals surface area contributed by atoms with Crippen LogP contribution in [0.1, 0.15) is 90.9 Å². The van der Waals surface area contributed by atoms with Gasteiger partial charge in [0.05, 0.1) is 4.90 Å². The van der Waals surface area contributed by atoms with E-state index in [1.165, 1.54) is 32.1 Å². The van der Waals surface area contributed by atoms with E-state index in [1.807, 2.05) is 50.2 Å². The highest BCUT2D eigenvalue weighted by Gasteiger charge is 2.18. The fourth-order valence-corrected chi connectivity index (χ4v) is 6.41. The molecule has 40 heavy (non-hydrogen) atoms. The number of hydrogen-bond donors (Lipinski definition) is 3. The van der Waals surface area contributed by atoms with Crippen molar-refractivity contribution in [2.24, 2.45) is 11.7 Å². The summed E-state index contributed by atoms with van der Waals surface area (Å²) in [5, 5.41) is 5.09. The molecule has 2 aromatic rings. The van der Waals surface area contributed by atoms with Crippen molar-refractivity contribution in [3.63, 3.8) is 0 Å². The smallest absolute Gasteiger partial charge is 0.241 e. The lowest BCUT2D eigenvalue weighted by Crippen LogP contribution is -2.25. The number of ketones is 1. The summed E-state index contributed by atoms with van der Waals surface area (Å²) in [5.74, 6) is 0.770. The van der Waals surface area contributed by atoms with E-state index in [-0.39, 0.29) is 6.04 Å². The Kier molecular flexibility index (Phi) is 15.8. The van der Waals surface area contributed by atoms with Gasteiger partial charge < -0.3 is 16.0 Å². The maximum atomic E-state index is 13.0. The van der Waals surface area contributed by atoms with Crippen LogP contribution in [0.2, 0.25) is 0 Å². The zero-order chi connectivity index (χ0) is 29.4. The number of rotatable bonds is 22. The highest BCUT2D eigenvalue weighted by atomic mass is 32.2. The van der Waals surface area contributed by atoms with Crippen LogP contribution in [0.15, 0.2) is 41.3 Å². The lowest BCUT2D eigenvalue weighted by atomic mass is 9.95. The maximum Gasteiger partial charge on any atom is 0.241 e. The molecular formula is C32H54N4O3S. The number of nitrogens with one attached hydrogen (secondary N) is 2. The van der Waals surface area contributed by atoms with Crippen molar-refractivity contribution in [3.05, 3.63) is 36.4 Å². The SMILES string of the molecule is CC(N)CCNCCCCCCCC(C)CC(=O)CCCCCNS(=O)(=O)c1cccc2c(N(C)C)cccc12. The lowest BCUT2D eigenvalue weighted by Gasteiger charge is -2.17. The number of unbranched alkanes of at least 4 members (excludes halogenated alkanes) is 6. The molecular weight excluding hydrogens is 520 g/mol. The summed E-state index contributed by atoms with van der Waals surface area (Å²) in [4.78, 5) is 14.7. The first kappa shape index (κ1) is 34.2. The molecule has 0 aliphatic rings. The molecule has 0 spiro atoms. The second-order valence-electron chi connectivity index (χ2n) is 11.7. The standard InChI is InChI=1S/C32H54N4O3S/c1-26(15-9-6-5-7-11-22-34-24-21-27(2)33)25-28(37)16-10-8-12-23-35-40(38,39)32-20-14-17-29-30(32)18-13-19-31(29)36(3)4/h13-14,17-20,26-27,34-35H,5-12,15-16,21-25,33H2,1-4H3. The minimum absolute atomic E-state index is 0.272. The molecule has 0 aliphatic carbocycles. The number of benzene rings is 2. The van der Waals surface area contributed by atoms with Crippen molar-refractivity contribution in [2.45, 2.75) is 102 Å². The molecule has 0 saturated heterocycles. The first-order valence-corrected chi connectivity index (χ1v) is 16.8. The molecule has 7 nitrogen and oxygen atoms in total. The van der Waals surface area contributed by atoms with Gasteiger partial charge in [-0.2, -0.15) is 0 Å². The first-order chi connectivity index (χ1) is 19.1. The van der Waals surface area contributed by atoms with Gasteiger partial charge in [0.15, 0.2) is 0 Å². The molecule has 8 heteroatoms. The molecule has 2 unspecified atom stereocenters. The number of fused-ring (bicyclic) bond motifs is 1. The van der Waals surface area contributed by atoms with Crippen molar-refractivity contribution >= 4 is 32.3 Å². The van der Waals surface area contributed by atoms with Crippen LogP contribution in [-0.2, 0) is 14.8 Å². The van der Waals surface area contributed by atoms with E-state index in [2.05, 4.69) is 17.0 Å². The second-order valence-corrected chi connectivity index (χ2v) is 13.4. The zero-order valence-electron chi connectivity index (χ0n) is 25.4. The number of carbonyl (C=O) groups excluding carboxylic acids is 1. The number of nitrogens with two attached hydrogens (primary N) is 1. The molecule has 2 aromatic carbocycles. The van der Waals surface area contributed by atoms with E-state index in [0.29, 0.717) is 36.0 Å². The van der Waals surface area contributed by atoms with E-state index in [4.69, 9.17) is 5.73 Å². The van der Waals surface area contributed by atoms with Gasteiger partial charge in [0.25, 0.3) is 0 Å². The van der Waals surface area contributed by atoms with Gasteiger partial charge in [-0.15, -0.1) is 0 Å². The van der Waals surface area contributed by atoms with Crippen LogP contribution in [-0.4, -0.2) is 54.0 Å². The summed E-state index contributed by atoms with van der Waals surface area (Å²) in [6.45, 7) is 6.68. The Labute approximate surface area is 243 Å². The molecule has 0 aliphatic heterocycles. The highest BCUT2D eigenvalue weighted by molar-refractivity contribution is 7.89. The van der Waals surface area contributed by atoms with E-state index in [0.717, 1.165) is 61.7 Å². The second kappa shape index (κ2) is 18.4. The quantitative estimate of drug-likeness (QED) is 0.149. The van der Waals surface area contributed by atoms with Crippen LogP contribution < -0.4 is 20.7 Å². The van der Waals surface area contributed by atoms with Gasteiger partial charge in [0.2, 0.25) is 10.0 Å². The normalized spacial score (nSPS) is 13.4. The van der Waals surface area contributed by atoms with Crippen molar-refractivity contribution < 1.29 is 13.2 Å². The van der Waals surface area contributed by atoms with Gasteiger partial charge in [0.1, 0.15) is 5.78 Å². The van der Waals surface area contributed by atoms with Gasteiger partial charge in [-0.3, -0.25) is 4.79 Å². The van der Waals surface area contributed by atoms with E-state index < -0.39 is 10.0 Å². The minimum atomic E-state index is -3.61. The summed E-state index contributed by atoms with van der Waals surface area (Å²) < 4.78 is 28.8. The van der Waals surface area contributed by atoms with E-state index in [1.54, 1.807) is 12.1 Å². The number of sulfonamides is 1. The van der Waals surface area contributed by atoms with Crippen molar-refractivity contribution in [3.8, 4) is 0 Å². The number of hydrogen-bond acceptors (Lipinski definition) is 6. The van der Waals surface area contributed by atoms with Crippen LogP contribution in [0.25, 0.3) is 10.8 Å². The van der Waals surface area contributed by atoms with Crippen LogP contribution in [0.4, 0.5) is 5.69 Å². The molecule has 226 valence electrons. The predicted molar refractivity (Wildman–Crippen MR) is 170 cm³/mol. The van der Waals surface area contributed by atoms with Crippen molar-refractivity contribution in [1.82, 2.24) is 10.0 Å². The van der Waals surface area contributed by atoms with Gasteiger partial charge in [0, 0.05) is 56.0 Å². The number of carbonyl (C=O) groups is 1. The Hall–Kier alpha value is -2.00. The Bertz CT molecular complexity index is 1120. The molecule has 2 rings (SSSR count). The van der Waals surface area contributed by atoms with Crippen molar-refractivity contribution in [2.75, 3.05) is 38.6 Å². The first-order valence-electron chi connectivity index (χ1n) is 15.3. The van der Waals surface area contributed by atoms with E-state index in [9.17, 15) is 13.2 Å². The van der Waals surface area contributed by atoms with Crippen molar-refractivity contribution in [1.29, 1.82) is 0 Å². The summed E-state index contributed by atoms with van der Waals surface area (Å²) in [6, 6.07) is 11.4. The van der Waals surface area contributed by atoms with E-state index >= 15 is 0 Å². The summed E-state index contributed by atoms with van der Waals surface area (Å²) in [5.41, 5.74) is 6.74. The predicted octanol–water partition coefficient (Wildman–Crippen LogP) is 6.01. The number of anilines is 1. The highest BCUT2D eigenvalue weighted by Crippen LogP contribution is 2.30. The molecule has 0 saturated carbocycles. The third-order valence-corrected chi connectivity index (χ3v) is 8.98. The Morgan fingerprint density at radius 2 is 1.48 bits per heavy atom. The summed E-state index contributed by atoms with van der Waals surface area (Å²) >= 11 is 0. The monoisotopic (exact) mass is 574 g/mol. The molecule has 0 fully saturated rings. The Morgan fingerprint density at radius 1 is 0.825 bits per heavy atom. The topological polar surface area (TPSA) is 105 Å². The van der Waals surface area contributed by atoms with Crippen LogP contribution in [0, 0.1) is 5.92 Å². The fourth-order valence-electron chi connectivity index (χ4n) is 5.12.